The summed E-state index contributed by atoms with van der Waals surface area (Å²) in [4.78, 5) is 16.2. The van der Waals surface area contributed by atoms with Crippen molar-refractivity contribution in [2.45, 2.75) is 26.3 Å². The second-order valence-corrected chi connectivity index (χ2v) is 7.86. The predicted octanol–water partition coefficient (Wildman–Crippen LogP) is 6.00. The molecule has 1 atom stereocenters. The number of H-pyrrole nitrogens is 1. The Morgan fingerprint density at radius 3 is 2.80 bits per heavy atom. The third-order valence-corrected chi connectivity index (χ3v) is 5.78. The SMILES string of the molecule is Cc1cc(CNC(=O)C(C)c2c(-c3cccc(Cl)c3Cl)[nH]c3ccc(F)cc23)on1. The van der Waals surface area contributed by atoms with Gasteiger partial charge in [-0.05, 0) is 43.7 Å². The smallest absolute Gasteiger partial charge is 0.227 e. The van der Waals surface area contributed by atoms with Gasteiger partial charge in [-0.25, -0.2) is 4.39 Å². The molecule has 30 heavy (non-hydrogen) atoms. The fourth-order valence-corrected chi connectivity index (χ4v) is 3.90. The lowest BCUT2D eigenvalue weighted by atomic mass is 9.94. The van der Waals surface area contributed by atoms with E-state index >= 15 is 0 Å². The average Bonchev–Trinajstić information content (AvgIpc) is 3.30. The molecule has 1 unspecified atom stereocenters. The van der Waals surface area contributed by atoms with Gasteiger partial charge in [0.2, 0.25) is 5.91 Å². The molecule has 0 aliphatic heterocycles. The molecule has 5 nitrogen and oxygen atoms in total. The van der Waals surface area contributed by atoms with E-state index in [2.05, 4.69) is 15.5 Å². The van der Waals surface area contributed by atoms with Gasteiger partial charge < -0.3 is 14.8 Å². The van der Waals surface area contributed by atoms with E-state index in [9.17, 15) is 9.18 Å². The molecule has 0 saturated heterocycles. The van der Waals surface area contributed by atoms with Gasteiger partial charge in [-0.3, -0.25) is 4.79 Å². The minimum Gasteiger partial charge on any atom is -0.359 e. The average molecular weight is 446 g/mol. The fraction of sp³-hybridized carbons (Fsp3) is 0.182. The summed E-state index contributed by atoms with van der Waals surface area (Å²) >= 11 is 12.6. The molecule has 4 rings (SSSR count). The number of aryl methyl sites for hydroxylation is 1. The molecular weight excluding hydrogens is 428 g/mol. The van der Waals surface area contributed by atoms with Gasteiger partial charge in [0.25, 0.3) is 0 Å². The van der Waals surface area contributed by atoms with Crippen molar-refractivity contribution in [3.05, 3.63) is 75.3 Å². The number of halogens is 3. The molecule has 0 aliphatic rings. The number of hydrogen-bond acceptors (Lipinski definition) is 3. The summed E-state index contributed by atoms with van der Waals surface area (Å²) in [5.74, 6) is -0.685. The number of benzene rings is 2. The zero-order valence-electron chi connectivity index (χ0n) is 16.2. The number of aromatic nitrogens is 2. The highest BCUT2D eigenvalue weighted by Crippen LogP contribution is 2.40. The Balaban J connectivity index is 1.76. The Morgan fingerprint density at radius 2 is 2.07 bits per heavy atom. The highest BCUT2D eigenvalue weighted by molar-refractivity contribution is 6.43. The third-order valence-electron chi connectivity index (χ3n) is 4.96. The van der Waals surface area contributed by atoms with Gasteiger partial charge >= 0.3 is 0 Å². The van der Waals surface area contributed by atoms with Crippen molar-refractivity contribution in [2.75, 3.05) is 0 Å². The van der Waals surface area contributed by atoms with Crippen molar-refractivity contribution < 1.29 is 13.7 Å². The van der Waals surface area contributed by atoms with E-state index in [0.29, 0.717) is 43.5 Å². The number of carbonyl (C=O) groups is 1. The first kappa shape index (κ1) is 20.4. The summed E-state index contributed by atoms with van der Waals surface area (Å²) < 4.78 is 19.2. The van der Waals surface area contributed by atoms with Crippen LogP contribution in [0.2, 0.25) is 10.0 Å². The monoisotopic (exact) mass is 445 g/mol. The normalized spacial score (nSPS) is 12.3. The van der Waals surface area contributed by atoms with E-state index in [4.69, 9.17) is 27.7 Å². The van der Waals surface area contributed by atoms with Crippen molar-refractivity contribution in [1.82, 2.24) is 15.5 Å². The molecule has 2 aromatic carbocycles. The topological polar surface area (TPSA) is 70.9 Å². The van der Waals surface area contributed by atoms with Crippen LogP contribution in [0.25, 0.3) is 22.2 Å². The number of aromatic amines is 1. The first-order valence-electron chi connectivity index (χ1n) is 9.30. The molecule has 154 valence electrons. The molecule has 0 spiro atoms. The number of nitrogens with zero attached hydrogens (tertiary/aromatic N) is 1. The Kier molecular flexibility index (Phi) is 5.54. The van der Waals surface area contributed by atoms with Gasteiger partial charge in [-0.1, -0.05) is 40.5 Å². The summed E-state index contributed by atoms with van der Waals surface area (Å²) in [6, 6.07) is 11.4. The van der Waals surface area contributed by atoms with E-state index in [0.717, 1.165) is 5.69 Å². The second kappa shape index (κ2) is 8.13. The van der Waals surface area contributed by atoms with E-state index in [-0.39, 0.29) is 12.5 Å². The molecule has 0 radical (unpaired) electrons. The van der Waals surface area contributed by atoms with Crippen LogP contribution >= 0.6 is 23.2 Å². The van der Waals surface area contributed by atoms with Crippen LogP contribution in [0.3, 0.4) is 0 Å². The lowest BCUT2D eigenvalue weighted by molar-refractivity contribution is -0.122. The van der Waals surface area contributed by atoms with Crippen LogP contribution in [-0.2, 0) is 11.3 Å². The molecular formula is C22H18Cl2FN3O2. The molecule has 0 saturated carbocycles. The molecule has 2 heterocycles. The van der Waals surface area contributed by atoms with Crippen molar-refractivity contribution in [3.8, 4) is 11.3 Å². The largest absolute Gasteiger partial charge is 0.359 e. The van der Waals surface area contributed by atoms with E-state index in [1.165, 1.54) is 12.1 Å². The number of carbonyl (C=O) groups excluding carboxylic acids is 1. The Bertz CT molecular complexity index is 1250. The third kappa shape index (κ3) is 3.80. The maximum Gasteiger partial charge on any atom is 0.227 e. The number of hydrogen-bond donors (Lipinski definition) is 2. The van der Waals surface area contributed by atoms with E-state index in [1.807, 2.05) is 0 Å². The van der Waals surface area contributed by atoms with Crippen LogP contribution in [0.15, 0.2) is 47.0 Å². The summed E-state index contributed by atoms with van der Waals surface area (Å²) in [5, 5.41) is 8.02. The van der Waals surface area contributed by atoms with Crippen molar-refractivity contribution in [3.63, 3.8) is 0 Å². The van der Waals surface area contributed by atoms with Crippen molar-refractivity contribution in [2.24, 2.45) is 0 Å². The summed E-state index contributed by atoms with van der Waals surface area (Å²) in [6.45, 7) is 3.77. The standard InChI is InChI=1S/C22H18Cl2FN3O2/c1-11-8-14(30-28-11)10-26-22(29)12(2)19-16-9-13(25)6-7-18(16)27-21(19)15-4-3-5-17(23)20(15)24/h3-9,12,27H,10H2,1-2H3,(H,26,29). The molecule has 0 aliphatic carbocycles. The Hall–Kier alpha value is -2.83. The maximum atomic E-state index is 14.0. The molecule has 0 bridgehead atoms. The predicted molar refractivity (Wildman–Crippen MR) is 115 cm³/mol. The quantitative estimate of drug-likeness (QED) is 0.395. The summed E-state index contributed by atoms with van der Waals surface area (Å²) in [6.07, 6.45) is 0. The first-order valence-corrected chi connectivity index (χ1v) is 10.1. The number of nitrogens with one attached hydrogen (secondary N) is 2. The van der Waals surface area contributed by atoms with Crippen molar-refractivity contribution >= 4 is 40.0 Å². The zero-order chi connectivity index (χ0) is 21.4. The minimum absolute atomic E-state index is 0.202. The number of fused-ring (bicyclic) bond motifs is 1. The van der Waals surface area contributed by atoms with Crippen LogP contribution in [0.5, 0.6) is 0 Å². The first-order chi connectivity index (χ1) is 14.3. The molecule has 4 aromatic rings. The molecule has 2 N–H and O–H groups in total. The lowest BCUT2D eigenvalue weighted by Gasteiger charge is -2.15. The van der Waals surface area contributed by atoms with E-state index in [1.54, 1.807) is 44.2 Å². The van der Waals surface area contributed by atoms with Gasteiger partial charge in [0.15, 0.2) is 5.76 Å². The highest BCUT2D eigenvalue weighted by Gasteiger charge is 2.25. The van der Waals surface area contributed by atoms with Gasteiger partial charge in [-0.2, -0.15) is 0 Å². The van der Waals surface area contributed by atoms with Crippen LogP contribution in [-0.4, -0.2) is 16.0 Å². The zero-order valence-corrected chi connectivity index (χ0v) is 17.7. The fourth-order valence-electron chi connectivity index (χ4n) is 3.50. The van der Waals surface area contributed by atoms with Crippen LogP contribution in [0.4, 0.5) is 4.39 Å². The molecule has 1 amide bonds. The maximum absolute atomic E-state index is 14.0. The number of rotatable bonds is 5. The minimum atomic E-state index is -0.602. The van der Waals surface area contributed by atoms with Crippen LogP contribution < -0.4 is 5.32 Å². The van der Waals surface area contributed by atoms with Crippen LogP contribution in [0.1, 0.15) is 29.9 Å². The van der Waals surface area contributed by atoms with Gasteiger partial charge in [0, 0.05) is 22.5 Å². The Labute approximate surface area is 182 Å². The second-order valence-electron chi connectivity index (χ2n) is 7.08. The summed E-state index contributed by atoms with van der Waals surface area (Å²) in [7, 11) is 0. The van der Waals surface area contributed by atoms with Crippen molar-refractivity contribution in [1.29, 1.82) is 0 Å². The van der Waals surface area contributed by atoms with Gasteiger partial charge in [0.05, 0.1) is 33.9 Å². The van der Waals surface area contributed by atoms with Gasteiger partial charge in [-0.15, -0.1) is 0 Å². The lowest BCUT2D eigenvalue weighted by Crippen LogP contribution is -2.27. The highest BCUT2D eigenvalue weighted by atomic mass is 35.5. The van der Waals surface area contributed by atoms with Gasteiger partial charge in [0.1, 0.15) is 5.82 Å². The molecule has 0 fully saturated rings. The summed E-state index contributed by atoms with van der Waals surface area (Å²) in [5.41, 5.74) is 3.34. The molecule has 8 heteroatoms. The van der Waals surface area contributed by atoms with Crippen LogP contribution in [0, 0.1) is 12.7 Å². The Morgan fingerprint density at radius 1 is 1.27 bits per heavy atom. The number of amides is 1. The molecule has 2 aromatic heterocycles. The van der Waals surface area contributed by atoms with E-state index < -0.39 is 11.7 Å².